The van der Waals surface area contributed by atoms with Crippen molar-refractivity contribution in [1.29, 1.82) is 0 Å². The molecular formula is C29H28N6OS. The molecule has 0 aliphatic carbocycles. The van der Waals surface area contributed by atoms with E-state index in [1.807, 2.05) is 82.5 Å². The Morgan fingerprint density at radius 2 is 1.62 bits per heavy atom. The quantitative estimate of drug-likeness (QED) is 0.334. The summed E-state index contributed by atoms with van der Waals surface area (Å²) >= 11 is 1.63. The van der Waals surface area contributed by atoms with E-state index in [2.05, 4.69) is 17.0 Å². The van der Waals surface area contributed by atoms with Gasteiger partial charge >= 0.3 is 0 Å². The number of aromatic nitrogens is 4. The molecule has 37 heavy (non-hydrogen) atoms. The minimum absolute atomic E-state index is 0.188. The van der Waals surface area contributed by atoms with Crippen molar-refractivity contribution in [3.8, 4) is 5.69 Å². The number of carbonyl (C=O) groups is 1. The van der Waals surface area contributed by atoms with Crippen LogP contribution in [0.15, 0.2) is 78.2 Å². The summed E-state index contributed by atoms with van der Waals surface area (Å²) in [6.07, 6.45) is 1.11. The molecule has 0 bridgehead atoms. The Bertz CT molecular complexity index is 1510. The molecule has 1 amide bonds. The second-order valence-corrected chi connectivity index (χ2v) is 10.3. The van der Waals surface area contributed by atoms with Gasteiger partial charge in [-0.1, -0.05) is 54.6 Å². The number of aryl methyl sites for hydroxylation is 1. The van der Waals surface area contributed by atoms with Crippen LogP contribution in [0.5, 0.6) is 0 Å². The SMILES string of the molecule is Cc1nn(-c2ccccc2)c2nc(Cc3ccccc3)nc(N3CCN(C(=O)Cc4cccs4)CC3)c12. The van der Waals surface area contributed by atoms with E-state index in [1.165, 1.54) is 5.56 Å². The molecule has 0 unspecified atom stereocenters. The minimum atomic E-state index is 0.188. The molecule has 8 heteroatoms. The number of thiophene rings is 1. The van der Waals surface area contributed by atoms with Crippen molar-refractivity contribution >= 4 is 34.1 Å². The van der Waals surface area contributed by atoms with Crippen LogP contribution in [-0.2, 0) is 17.6 Å². The average molecular weight is 509 g/mol. The molecule has 1 aliphatic rings. The summed E-state index contributed by atoms with van der Waals surface area (Å²) in [5, 5.41) is 7.86. The average Bonchev–Trinajstić information content (AvgIpc) is 3.57. The van der Waals surface area contributed by atoms with E-state index in [0.29, 0.717) is 25.9 Å². The van der Waals surface area contributed by atoms with E-state index in [-0.39, 0.29) is 5.91 Å². The van der Waals surface area contributed by atoms with Crippen molar-refractivity contribution in [2.24, 2.45) is 0 Å². The van der Waals surface area contributed by atoms with E-state index in [9.17, 15) is 4.79 Å². The summed E-state index contributed by atoms with van der Waals surface area (Å²) in [7, 11) is 0. The predicted molar refractivity (Wildman–Crippen MR) is 147 cm³/mol. The first-order chi connectivity index (χ1) is 18.2. The Balaban J connectivity index is 1.34. The highest BCUT2D eigenvalue weighted by molar-refractivity contribution is 7.10. The predicted octanol–water partition coefficient (Wildman–Crippen LogP) is 4.67. The van der Waals surface area contributed by atoms with Crippen LogP contribution in [0.1, 0.15) is 22.0 Å². The number of fused-ring (bicyclic) bond motifs is 1. The van der Waals surface area contributed by atoms with Gasteiger partial charge in [-0.15, -0.1) is 11.3 Å². The minimum Gasteiger partial charge on any atom is -0.352 e. The van der Waals surface area contributed by atoms with Gasteiger partial charge in [0, 0.05) is 37.5 Å². The van der Waals surface area contributed by atoms with Gasteiger partial charge in [0.15, 0.2) is 5.65 Å². The number of carbonyl (C=O) groups excluding carboxylic acids is 1. The molecule has 1 aliphatic heterocycles. The van der Waals surface area contributed by atoms with E-state index < -0.39 is 0 Å². The lowest BCUT2D eigenvalue weighted by Crippen LogP contribution is -2.49. The van der Waals surface area contributed by atoms with Gasteiger partial charge in [-0.25, -0.2) is 14.6 Å². The molecule has 0 spiro atoms. The molecule has 3 aromatic heterocycles. The maximum Gasteiger partial charge on any atom is 0.227 e. The summed E-state index contributed by atoms with van der Waals surface area (Å²) in [5.41, 5.74) is 3.85. The number of piperazine rings is 1. The largest absolute Gasteiger partial charge is 0.352 e. The lowest BCUT2D eigenvalue weighted by molar-refractivity contribution is -0.130. The summed E-state index contributed by atoms with van der Waals surface area (Å²) in [4.78, 5) is 28.3. The second-order valence-electron chi connectivity index (χ2n) is 9.28. The zero-order valence-electron chi connectivity index (χ0n) is 20.7. The van der Waals surface area contributed by atoms with Crippen molar-refractivity contribution in [3.63, 3.8) is 0 Å². The van der Waals surface area contributed by atoms with Gasteiger partial charge in [0.05, 0.1) is 23.2 Å². The molecule has 4 heterocycles. The number of para-hydroxylation sites is 1. The molecule has 0 radical (unpaired) electrons. The highest BCUT2D eigenvalue weighted by atomic mass is 32.1. The first kappa shape index (κ1) is 23.4. The molecular weight excluding hydrogens is 480 g/mol. The van der Waals surface area contributed by atoms with Gasteiger partial charge < -0.3 is 9.80 Å². The lowest BCUT2D eigenvalue weighted by atomic mass is 10.1. The van der Waals surface area contributed by atoms with E-state index >= 15 is 0 Å². The second kappa shape index (κ2) is 10.1. The van der Waals surface area contributed by atoms with Crippen LogP contribution in [0.2, 0.25) is 0 Å². The van der Waals surface area contributed by atoms with Crippen LogP contribution in [0, 0.1) is 6.92 Å². The van der Waals surface area contributed by atoms with Crippen molar-refractivity contribution in [2.45, 2.75) is 19.8 Å². The summed E-state index contributed by atoms with van der Waals surface area (Å²) < 4.78 is 1.92. The molecule has 1 saturated heterocycles. The van der Waals surface area contributed by atoms with Gasteiger partial charge in [-0.2, -0.15) is 5.10 Å². The van der Waals surface area contributed by atoms with Crippen LogP contribution < -0.4 is 4.90 Å². The lowest BCUT2D eigenvalue weighted by Gasteiger charge is -2.35. The molecule has 2 aromatic carbocycles. The number of benzene rings is 2. The number of rotatable bonds is 6. The number of anilines is 1. The Labute approximate surface area is 220 Å². The van der Waals surface area contributed by atoms with Gasteiger partial charge in [0.1, 0.15) is 11.6 Å². The first-order valence-electron chi connectivity index (χ1n) is 12.6. The Kier molecular flexibility index (Phi) is 6.40. The zero-order valence-corrected chi connectivity index (χ0v) is 21.6. The third-order valence-electron chi connectivity index (χ3n) is 6.77. The molecule has 186 valence electrons. The van der Waals surface area contributed by atoms with E-state index in [4.69, 9.17) is 15.1 Å². The third-order valence-corrected chi connectivity index (χ3v) is 7.65. The van der Waals surface area contributed by atoms with Crippen molar-refractivity contribution in [2.75, 3.05) is 31.1 Å². The first-order valence-corrected chi connectivity index (χ1v) is 13.4. The fraction of sp³-hybridized carbons (Fsp3) is 0.241. The van der Waals surface area contributed by atoms with Crippen molar-refractivity contribution in [1.82, 2.24) is 24.6 Å². The van der Waals surface area contributed by atoms with Crippen LogP contribution in [0.25, 0.3) is 16.7 Å². The van der Waals surface area contributed by atoms with Crippen LogP contribution >= 0.6 is 11.3 Å². The highest BCUT2D eigenvalue weighted by Crippen LogP contribution is 2.30. The Morgan fingerprint density at radius 3 is 2.32 bits per heavy atom. The van der Waals surface area contributed by atoms with Gasteiger partial charge in [-0.3, -0.25) is 4.79 Å². The molecule has 0 atom stereocenters. The Morgan fingerprint density at radius 1 is 0.892 bits per heavy atom. The van der Waals surface area contributed by atoms with Crippen molar-refractivity contribution < 1.29 is 4.79 Å². The van der Waals surface area contributed by atoms with E-state index in [0.717, 1.165) is 52.0 Å². The normalized spacial score (nSPS) is 13.9. The third kappa shape index (κ3) is 4.84. The van der Waals surface area contributed by atoms with Crippen molar-refractivity contribution in [3.05, 3.63) is 100 Å². The number of hydrogen-bond donors (Lipinski definition) is 0. The number of amides is 1. The zero-order chi connectivity index (χ0) is 25.2. The van der Waals surface area contributed by atoms with Crippen LogP contribution in [0.3, 0.4) is 0 Å². The highest BCUT2D eigenvalue weighted by Gasteiger charge is 2.26. The molecule has 5 aromatic rings. The molecule has 6 rings (SSSR count). The summed E-state index contributed by atoms with van der Waals surface area (Å²) in [5.74, 6) is 1.86. The fourth-order valence-corrected chi connectivity index (χ4v) is 5.58. The topological polar surface area (TPSA) is 67.2 Å². The number of hydrogen-bond acceptors (Lipinski definition) is 6. The molecule has 0 N–H and O–H groups in total. The molecule has 1 fully saturated rings. The summed E-state index contributed by atoms with van der Waals surface area (Å²) in [6, 6.07) is 24.4. The van der Waals surface area contributed by atoms with E-state index in [1.54, 1.807) is 11.3 Å². The monoisotopic (exact) mass is 508 g/mol. The maximum absolute atomic E-state index is 12.9. The maximum atomic E-state index is 12.9. The van der Waals surface area contributed by atoms with Gasteiger partial charge in [-0.05, 0) is 36.1 Å². The van der Waals surface area contributed by atoms with Crippen LogP contribution in [-0.4, -0.2) is 56.7 Å². The molecule has 7 nitrogen and oxygen atoms in total. The standard InChI is InChI=1S/C29H28N6OS/c1-21-27-28(34-16-14-33(15-17-34)26(36)20-24-13-8-18-37-24)30-25(19-22-9-4-2-5-10-22)31-29(27)35(32-21)23-11-6-3-7-12-23/h2-13,18H,14-17,19-20H2,1H3. The van der Waals surface area contributed by atoms with Gasteiger partial charge in [0.2, 0.25) is 5.91 Å². The van der Waals surface area contributed by atoms with Gasteiger partial charge in [0.25, 0.3) is 0 Å². The van der Waals surface area contributed by atoms with Crippen LogP contribution in [0.4, 0.5) is 5.82 Å². The number of nitrogens with zero attached hydrogens (tertiary/aromatic N) is 6. The molecule has 0 saturated carbocycles. The summed E-state index contributed by atoms with van der Waals surface area (Å²) in [6.45, 7) is 4.82. The smallest absolute Gasteiger partial charge is 0.227 e. The fourth-order valence-electron chi connectivity index (χ4n) is 4.88. The Hall–Kier alpha value is -4.04.